The number of aromatic nitrogens is 3. The van der Waals surface area contributed by atoms with E-state index in [9.17, 15) is 0 Å². The van der Waals surface area contributed by atoms with Gasteiger partial charge in [0, 0.05) is 6.20 Å². The van der Waals surface area contributed by atoms with Crippen molar-refractivity contribution in [1.82, 2.24) is 14.5 Å². The summed E-state index contributed by atoms with van der Waals surface area (Å²) in [4.78, 5) is 7.22. The van der Waals surface area contributed by atoms with Gasteiger partial charge in [-0.25, -0.2) is 0 Å². The van der Waals surface area contributed by atoms with Crippen LogP contribution in [-0.2, 0) is 0 Å². The number of para-hydroxylation sites is 1. The average molecular weight is 276 g/mol. The van der Waals surface area contributed by atoms with Crippen LogP contribution in [0.3, 0.4) is 0 Å². The van der Waals surface area contributed by atoms with Gasteiger partial charge in [0.25, 0.3) is 0 Å². The normalized spacial score (nSPS) is 11.0. The molecule has 0 bridgehead atoms. The summed E-state index contributed by atoms with van der Waals surface area (Å²) in [7, 11) is 0. The van der Waals surface area contributed by atoms with Crippen molar-refractivity contribution < 1.29 is 0 Å². The molecule has 2 aromatic heterocycles. The zero-order valence-corrected chi connectivity index (χ0v) is 11.2. The number of hydrogen-bond acceptors (Lipinski definition) is 2. The number of hydrogen-bond donors (Lipinski definition) is 1. The maximum atomic E-state index is 6.30. The first-order valence-corrected chi connectivity index (χ1v) is 6.27. The van der Waals surface area contributed by atoms with E-state index < -0.39 is 0 Å². The van der Waals surface area contributed by atoms with Crippen LogP contribution in [0.5, 0.6) is 0 Å². The van der Waals surface area contributed by atoms with Crippen LogP contribution in [-0.4, -0.2) is 14.5 Å². The van der Waals surface area contributed by atoms with Crippen molar-refractivity contribution in [3.8, 4) is 5.69 Å². The number of imidazole rings is 1. The van der Waals surface area contributed by atoms with Crippen LogP contribution >= 0.6 is 23.8 Å². The van der Waals surface area contributed by atoms with Crippen LogP contribution in [0.4, 0.5) is 0 Å². The van der Waals surface area contributed by atoms with E-state index in [-0.39, 0.29) is 0 Å². The van der Waals surface area contributed by atoms with Crippen molar-refractivity contribution in [2.75, 3.05) is 0 Å². The predicted octanol–water partition coefficient (Wildman–Crippen LogP) is 4.04. The lowest BCUT2D eigenvalue weighted by atomic mass is 10.2. The van der Waals surface area contributed by atoms with Crippen LogP contribution in [0.1, 0.15) is 5.56 Å². The fraction of sp³-hybridized carbons (Fsp3) is 0.0769. The Kier molecular flexibility index (Phi) is 2.69. The third-order valence-corrected chi connectivity index (χ3v) is 3.49. The number of halogens is 1. The Hall–Kier alpha value is -1.65. The number of nitrogens with one attached hydrogen (secondary N) is 1. The molecule has 2 heterocycles. The molecule has 0 atom stereocenters. The summed E-state index contributed by atoms with van der Waals surface area (Å²) in [6, 6.07) is 7.74. The topological polar surface area (TPSA) is 33.6 Å². The lowest BCUT2D eigenvalue weighted by Crippen LogP contribution is -1.98. The number of rotatable bonds is 1. The number of H-pyrrole nitrogens is 1. The number of nitrogens with zero attached hydrogens (tertiary/aromatic N) is 2. The van der Waals surface area contributed by atoms with E-state index in [1.54, 1.807) is 12.4 Å². The molecule has 18 heavy (non-hydrogen) atoms. The fourth-order valence-electron chi connectivity index (χ4n) is 2.09. The highest BCUT2D eigenvalue weighted by Crippen LogP contribution is 2.27. The zero-order valence-electron chi connectivity index (χ0n) is 9.64. The van der Waals surface area contributed by atoms with E-state index >= 15 is 0 Å². The minimum atomic E-state index is 0.620. The number of benzene rings is 1. The molecular formula is C13H10ClN3S. The van der Waals surface area contributed by atoms with Gasteiger partial charge in [0.15, 0.2) is 4.77 Å². The Labute approximate surface area is 114 Å². The van der Waals surface area contributed by atoms with Crippen LogP contribution in [0.2, 0.25) is 5.02 Å². The number of fused-ring (bicyclic) bond motifs is 1. The minimum absolute atomic E-state index is 0.620. The Balaban J connectivity index is 2.46. The molecule has 0 saturated heterocycles. The monoisotopic (exact) mass is 275 g/mol. The highest BCUT2D eigenvalue weighted by Gasteiger charge is 2.11. The number of aromatic amines is 1. The van der Waals surface area contributed by atoms with Crippen molar-refractivity contribution in [2.24, 2.45) is 0 Å². The van der Waals surface area contributed by atoms with Crippen LogP contribution in [0.15, 0.2) is 36.7 Å². The molecule has 0 radical (unpaired) electrons. The van der Waals surface area contributed by atoms with Crippen molar-refractivity contribution in [3.63, 3.8) is 0 Å². The molecule has 3 rings (SSSR count). The molecule has 0 aliphatic carbocycles. The smallest absolute Gasteiger partial charge is 0.182 e. The van der Waals surface area contributed by atoms with Crippen molar-refractivity contribution in [3.05, 3.63) is 52.0 Å². The number of aryl methyl sites for hydroxylation is 1. The molecule has 3 nitrogen and oxygen atoms in total. The second kappa shape index (κ2) is 4.23. The summed E-state index contributed by atoms with van der Waals surface area (Å²) < 4.78 is 2.57. The van der Waals surface area contributed by atoms with Gasteiger partial charge in [0.1, 0.15) is 0 Å². The van der Waals surface area contributed by atoms with Crippen molar-refractivity contribution >= 4 is 34.9 Å². The molecule has 3 aromatic rings. The summed E-state index contributed by atoms with van der Waals surface area (Å²) >= 11 is 11.7. The highest BCUT2D eigenvalue weighted by atomic mass is 35.5. The third kappa shape index (κ3) is 1.65. The fourth-order valence-corrected chi connectivity index (χ4v) is 2.69. The van der Waals surface area contributed by atoms with Gasteiger partial charge < -0.3 is 4.98 Å². The van der Waals surface area contributed by atoms with E-state index in [1.807, 2.05) is 35.8 Å². The molecule has 0 unspecified atom stereocenters. The Bertz CT molecular complexity index is 768. The Morgan fingerprint density at radius 3 is 2.94 bits per heavy atom. The summed E-state index contributed by atoms with van der Waals surface area (Å²) in [5.41, 5.74) is 3.88. The van der Waals surface area contributed by atoms with E-state index in [2.05, 4.69) is 9.97 Å². The van der Waals surface area contributed by atoms with Gasteiger partial charge in [-0.05, 0) is 36.8 Å². The third-order valence-electron chi connectivity index (χ3n) is 2.90. The Morgan fingerprint density at radius 1 is 1.33 bits per heavy atom. The quantitative estimate of drug-likeness (QED) is 0.680. The summed E-state index contributed by atoms with van der Waals surface area (Å²) in [6.07, 6.45) is 3.50. The average Bonchev–Trinajstić information content (AvgIpc) is 2.66. The molecule has 0 amide bonds. The van der Waals surface area contributed by atoms with Gasteiger partial charge in [-0.3, -0.25) is 9.55 Å². The molecule has 5 heteroatoms. The molecule has 0 saturated carbocycles. The summed E-state index contributed by atoms with van der Waals surface area (Å²) in [5, 5.41) is 0.684. The second-order valence-electron chi connectivity index (χ2n) is 4.06. The molecular weight excluding hydrogens is 266 g/mol. The largest absolute Gasteiger partial charge is 0.329 e. The molecule has 1 aromatic carbocycles. The number of pyridine rings is 1. The standard InChI is InChI=1S/C13H10ClN3S/c1-8-3-2-4-9(14)12(8)17-11-5-6-15-7-10(11)16-13(17)18/h2-7H,1H3,(H,16,18). The molecule has 0 spiro atoms. The maximum absolute atomic E-state index is 6.30. The van der Waals surface area contributed by atoms with Gasteiger partial charge >= 0.3 is 0 Å². The van der Waals surface area contributed by atoms with E-state index in [0.717, 1.165) is 22.3 Å². The molecule has 0 aliphatic heterocycles. The first-order valence-electron chi connectivity index (χ1n) is 5.49. The van der Waals surface area contributed by atoms with E-state index in [0.29, 0.717) is 9.79 Å². The van der Waals surface area contributed by atoms with E-state index in [1.165, 1.54) is 0 Å². The minimum Gasteiger partial charge on any atom is -0.329 e. The first kappa shape index (κ1) is 11.4. The van der Waals surface area contributed by atoms with Crippen LogP contribution in [0.25, 0.3) is 16.7 Å². The molecule has 0 aliphatic rings. The SMILES string of the molecule is Cc1cccc(Cl)c1-n1c(=S)[nH]c2cnccc21. The van der Waals surface area contributed by atoms with Gasteiger partial charge in [0.2, 0.25) is 0 Å². The zero-order chi connectivity index (χ0) is 12.7. The highest BCUT2D eigenvalue weighted by molar-refractivity contribution is 7.71. The lowest BCUT2D eigenvalue weighted by Gasteiger charge is -2.10. The Morgan fingerprint density at radius 2 is 2.17 bits per heavy atom. The van der Waals surface area contributed by atoms with Gasteiger partial charge in [-0.1, -0.05) is 23.7 Å². The molecule has 1 N–H and O–H groups in total. The van der Waals surface area contributed by atoms with Crippen LogP contribution in [0, 0.1) is 11.7 Å². The van der Waals surface area contributed by atoms with Gasteiger partial charge in [-0.15, -0.1) is 0 Å². The van der Waals surface area contributed by atoms with Crippen molar-refractivity contribution in [2.45, 2.75) is 6.92 Å². The van der Waals surface area contributed by atoms with Gasteiger partial charge in [-0.2, -0.15) is 0 Å². The lowest BCUT2D eigenvalue weighted by molar-refractivity contribution is 1.05. The van der Waals surface area contributed by atoms with E-state index in [4.69, 9.17) is 23.8 Å². The summed E-state index contributed by atoms with van der Waals surface area (Å²) in [6.45, 7) is 2.02. The predicted molar refractivity (Wildman–Crippen MR) is 76.0 cm³/mol. The summed E-state index contributed by atoms with van der Waals surface area (Å²) in [5.74, 6) is 0. The first-order chi connectivity index (χ1) is 8.68. The van der Waals surface area contributed by atoms with Gasteiger partial charge in [0.05, 0.1) is 27.9 Å². The van der Waals surface area contributed by atoms with Crippen LogP contribution < -0.4 is 0 Å². The van der Waals surface area contributed by atoms with Crippen molar-refractivity contribution in [1.29, 1.82) is 0 Å². The molecule has 90 valence electrons. The second-order valence-corrected chi connectivity index (χ2v) is 4.86. The molecule has 0 fully saturated rings. The maximum Gasteiger partial charge on any atom is 0.182 e.